The molecule has 0 aromatic carbocycles. The second-order valence-electron chi connectivity index (χ2n) is 3.33. The lowest BCUT2D eigenvalue weighted by atomic mass is 10.2. The van der Waals surface area contributed by atoms with Gasteiger partial charge in [0, 0.05) is 12.4 Å². The van der Waals surface area contributed by atoms with Gasteiger partial charge in [0.05, 0.1) is 0 Å². The molecule has 6 heteroatoms. The van der Waals surface area contributed by atoms with E-state index in [4.69, 9.17) is 10.8 Å². The third-order valence-corrected chi connectivity index (χ3v) is 3.30. The summed E-state index contributed by atoms with van der Waals surface area (Å²) in [4.78, 5) is 18.9. The fourth-order valence-electron chi connectivity index (χ4n) is 1.18. The van der Waals surface area contributed by atoms with Gasteiger partial charge in [-0.2, -0.15) is 0 Å². The van der Waals surface area contributed by atoms with Crippen molar-refractivity contribution < 1.29 is 9.90 Å². The van der Waals surface area contributed by atoms with Crippen LogP contribution in [0.2, 0.25) is 0 Å². The van der Waals surface area contributed by atoms with Crippen LogP contribution in [-0.2, 0) is 4.79 Å². The molecular formula is C10H15N3O2S. The Kier molecular flexibility index (Phi) is 5.04. The van der Waals surface area contributed by atoms with Gasteiger partial charge in [-0.3, -0.25) is 4.79 Å². The highest BCUT2D eigenvalue weighted by atomic mass is 32.2. The van der Waals surface area contributed by atoms with Crippen LogP contribution < -0.4 is 5.73 Å². The topological polar surface area (TPSA) is 89.1 Å². The summed E-state index contributed by atoms with van der Waals surface area (Å²) in [5, 5.41) is 9.03. The van der Waals surface area contributed by atoms with Gasteiger partial charge in [-0.05, 0) is 6.42 Å². The van der Waals surface area contributed by atoms with E-state index in [0.717, 1.165) is 12.8 Å². The number of anilines is 1. The summed E-state index contributed by atoms with van der Waals surface area (Å²) < 4.78 is 0. The van der Waals surface area contributed by atoms with Gasteiger partial charge in [-0.15, -0.1) is 0 Å². The Bertz CT molecular complexity index is 360. The van der Waals surface area contributed by atoms with Gasteiger partial charge in [0.15, 0.2) is 5.82 Å². The average molecular weight is 241 g/mol. The number of thioether (sulfide) groups is 1. The van der Waals surface area contributed by atoms with E-state index in [0.29, 0.717) is 11.4 Å². The van der Waals surface area contributed by atoms with Gasteiger partial charge in [0.25, 0.3) is 0 Å². The molecule has 1 aromatic rings. The number of unbranched alkanes of at least 4 members (excludes halogenated alkanes) is 1. The van der Waals surface area contributed by atoms with Gasteiger partial charge < -0.3 is 10.8 Å². The number of hydrogen-bond acceptors (Lipinski definition) is 5. The molecule has 0 aliphatic heterocycles. The molecule has 0 amide bonds. The maximum absolute atomic E-state index is 11.0. The summed E-state index contributed by atoms with van der Waals surface area (Å²) in [5.74, 6) is -0.543. The van der Waals surface area contributed by atoms with E-state index in [1.165, 1.54) is 24.2 Å². The number of carboxylic acids is 1. The first-order valence-corrected chi connectivity index (χ1v) is 5.99. The molecule has 0 aliphatic rings. The second-order valence-corrected chi connectivity index (χ2v) is 4.53. The number of hydrogen-bond donors (Lipinski definition) is 2. The van der Waals surface area contributed by atoms with Crippen molar-refractivity contribution in [2.75, 3.05) is 5.73 Å². The highest BCUT2D eigenvalue weighted by Gasteiger charge is 2.20. The van der Waals surface area contributed by atoms with Crippen molar-refractivity contribution in [3.63, 3.8) is 0 Å². The first-order valence-electron chi connectivity index (χ1n) is 5.11. The largest absolute Gasteiger partial charge is 0.480 e. The van der Waals surface area contributed by atoms with Gasteiger partial charge in [0.2, 0.25) is 0 Å². The molecule has 5 nitrogen and oxygen atoms in total. The van der Waals surface area contributed by atoms with Crippen molar-refractivity contribution in [1.29, 1.82) is 0 Å². The van der Waals surface area contributed by atoms with E-state index in [1.54, 1.807) is 0 Å². The maximum Gasteiger partial charge on any atom is 0.317 e. The summed E-state index contributed by atoms with van der Waals surface area (Å²) in [6, 6.07) is 0. The lowest BCUT2D eigenvalue weighted by Crippen LogP contribution is -2.16. The highest BCUT2D eigenvalue weighted by molar-refractivity contribution is 8.00. The Morgan fingerprint density at radius 2 is 2.25 bits per heavy atom. The lowest BCUT2D eigenvalue weighted by molar-refractivity contribution is -0.136. The van der Waals surface area contributed by atoms with Gasteiger partial charge in [0.1, 0.15) is 10.3 Å². The predicted molar refractivity (Wildman–Crippen MR) is 63.3 cm³/mol. The SMILES string of the molecule is CCCCC(Sc1nccnc1N)C(=O)O. The number of carbonyl (C=O) groups is 1. The first-order chi connectivity index (χ1) is 7.65. The Morgan fingerprint density at radius 3 is 2.81 bits per heavy atom. The smallest absolute Gasteiger partial charge is 0.317 e. The molecule has 1 heterocycles. The normalized spacial score (nSPS) is 12.3. The summed E-state index contributed by atoms with van der Waals surface area (Å²) in [5.41, 5.74) is 5.61. The molecule has 88 valence electrons. The van der Waals surface area contributed by atoms with E-state index >= 15 is 0 Å². The average Bonchev–Trinajstić information content (AvgIpc) is 2.26. The van der Waals surface area contributed by atoms with Crippen LogP contribution in [0.5, 0.6) is 0 Å². The van der Waals surface area contributed by atoms with Gasteiger partial charge in [-0.25, -0.2) is 9.97 Å². The third-order valence-electron chi connectivity index (χ3n) is 2.04. The number of aromatic nitrogens is 2. The molecule has 3 N–H and O–H groups in total. The van der Waals surface area contributed by atoms with Crippen molar-refractivity contribution >= 4 is 23.5 Å². The highest BCUT2D eigenvalue weighted by Crippen LogP contribution is 2.28. The molecule has 0 radical (unpaired) electrons. The fraction of sp³-hybridized carbons (Fsp3) is 0.500. The summed E-state index contributed by atoms with van der Waals surface area (Å²) >= 11 is 1.17. The van der Waals surface area contributed by atoms with Crippen LogP contribution >= 0.6 is 11.8 Å². The van der Waals surface area contributed by atoms with E-state index in [2.05, 4.69) is 9.97 Å². The fourth-order valence-corrected chi connectivity index (χ4v) is 2.13. The second kappa shape index (κ2) is 6.32. The van der Waals surface area contributed by atoms with Crippen molar-refractivity contribution in [3.05, 3.63) is 12.4 Å². The number of aliphatic carboxylic acids is 1. The first kappa shape index (κ1) is 12.8. The number of nitrogen functional groups attached to an aromatic ring is 1. The zero-order valence-electron chi connectivity index (χ0n) is 9.09. The van der Waals surface area contributed by atoms with Crippen LogP contribution in [0.1, 0.15) is 26.2 Å². The van der Waals surface area contributed by atoms with Crippen LogP contribution in [0.15, 0.2) is 17.4 Å². The standard InChI is InChI=1S/C10H15N3O2S/c1-2-3-4-7(10(14)15)16-9-8(11)12-5-6-13-9/h5-7H,2-4H2,1H3,(H2,11,12)(H,14,15). The van der Waals surface area contributed by atoms with Crippen LogP contribution in [0.4, 0.5) is 5.82 Å². The maximum atomic E-state index is 11.0. The van der Waals surface area contributed by atoms with Gasteiger partial charge in [-0.1, -0.05) is 31.5 Å². The number of carboxylic acid groups (broad SMARTS) is 1. The van der Waals surface area contributed by atoms with Crippen molar-refractivity contribution in [2.24, 2.45) is 0 Å². The molecule has 1 rings (SSSR count). The van der Waals surface area contributed by atoms with Crippen LogP contribution in [0.25, 0.3) is 0 Å². The Hall–Kier alpha value is -1.30. The minimum absolute atomic E-state index is 0.287. The van der Waals surface area contributed by atoms with Crippen LogP contribution in [0, 0.1) is 0 Å². The molecule has 0 saturated heterocycles. The molecule has 0 bridgehead atoms. The van der Waals surface area contributed by atoms with Crippen LogP contribution in [-0.4, -0.2) is 26.3 Å². The third kappa shape index (κ3) is 3.69. The molecule has 0 spiro atoms. The number of nitrogens with two attached hydrogens (primary N) is 1. The van der Waals surface area contributed by atoms with E-state index in [-0.39, 0.29) is 5.82 Å². The van der Waals surface area contributed by atoms with Gasteiger partial charge >= 0.3 is 5.97 Å². The lowest BCUT2D eigenvalue weighted by Gasteiger charge is -2.11. The van der Waals surface area contributed by atoms with Crippen molar-refractivity contribution in [1.82, 2.24) is 9.97 Å². The molecule has 0 saturated carbocycles. The van der Waals surface area contributed by atoms with Crippen LogP contribution in [0.3, 0.4) is 0 Å². The Labute approximate surface area is 98.5 Å². The van der Waals surface area contributed by atoms with E-state index in [9.17, 15) is 4.79 Å². The molecule has 0 fully saturated rings. The minimum atomic E-state index is -0.830. The monoisotopic (exact) mass is 241 g/mol. The molecule has 1 aromatic heterocycles. The molecule has 1 atom stereocenters. The summed E-state index contributed by atoms with van der Waals surface area (Å²) in [7, 11) is 0. The Morgan fingerprint density at radius 1 is 1.56 bits per heavy atom. The molecule has 1 unspecified atom stereocenters. The summed E-state index contributed by atoms with van der Waals surface area (Å²) in [6.45, 7) is 2.03. The molecule has 16 heavy (non-hydrogen) atoms. The summed E-state index contributed by atoms with van der Waals surface area (Å²) in [6.07, 6.45) is 5.47. The molecule has 0 aliphatic carbocycles. The van der Waals surface area contributed by atoms with E-state index in [1.807, 2.05) is 6.92 Å². The zero-order valence-corrected chi connectivity index (χ0v) is 9.91. The molecular weight excluding hydrogens is 226 g/mol. The quantitative estimate of drug-likeness (QED) is 0.738. The zero-order chi connectivity index (χ0) is 12.0. The van der Waals surface area contributed by atoms with Crippen molar-refractivity contribution in [3.8, 4) is 0 Å². The van der Waals surface area contributed by atoms with Crippen molar-refractivity contribution in [2.45, 2.75) is 36.5 Å². The minimum Gasteiger partial charge on any atom is -0.480 e. The number of nitrogens with zero attached hydrogens (tertiary/aromatic N) is 2. The van der Waals surface area contributed by atoms with E-state index < -0.39 is 11.2 Å². The predicted octanol–water partition coefficient (Wildman–Crippen LogP) is 1.79. The Balaban J connectivity index is 2.68. The number of rotatable bonds is 6.